The molecule has 1 unspecified atom stereocenters. The summed E-state index contributed by atoms with van der Waals surface area (Å²) in [6, 6.07) is 0. The molecule has 0 aromatic heterocycles. The first-order chi connectivity index (χ1) is 8.56. The summed E-state index contributed by atoms with van der Waals surface area (Å²) in [5.41, 5.74) is 2.85. The van der Waals surface area contributed by atoms with Gasteiger partial charge in [0.2, 0.25) is 0 Å². The van der Waals surface area contributed by atoms with Crippen LogP contribution >= 0.6 is 0 Å². The first kappa shape index (κ1) is 15.3. The van der Waals surface area contributed by atoms with E-state index in [1.807, 2.05) is 0 Å². The molecule has 0 heterocycles. The molecular weight excluding hydrogens is 218 g/mol. The molecule has 0 aromatic carbocycles. The number of hydrogen-bond acceptors (Lipinski definition) is 1. The maximum atomic E-state index is 4.39. The van der Waals surface area contributed by atoms with E-state index in [0.29, 0.717) is 5.41 Å². The second-order valence-corrected chi connectivity index (χ2v) is 5.93. The van der Waals surface area contributed by atoms with Crippen molar-refractivity contribution in [3.05, 3.63) is 24.0 Å². The Morgan fingerprint density at radius 2 is 1.89 bits per heavy atom. The van der Waals surface area contributed by atoms with Gasteiger partial charge in [-0.25, -0.2) is 0 Å². The van der Waals surface area contributed by atoms with E-state index in [2.05, 4.69) is 45.7 Å². The average molecular weight is 249 g/mol. The summed E-state index contributed by atoms with van der Waals surface area (Å²) in [5.74, 6) is 0.729. The molecule has 0 aromatic rings. The Labute approximate surface area is 114 Å². The summed E-state index contributed by atoms with van der Waals surface area (Å²) in [4.78, 5) is 0. The van der Waals surface area contributed by atoms with Gasteiger partial charge in [-0.1, -0.05) is 59.1 Å². The van der Waals surface area contributed by atoms with Crippen molar-refractivity contribution in [3.63, 3.8) is 0 Å². The molecule has 0 spiro atoms. The minimum Gasteiger partial charge on any atom is -0.363 e. The van der Waals surface area contributed by atoms with Crippen LogP contribution in [0.4, 0.5) is 0 Å². The molecule has 18 heavy (non-hydrogen) atoms. The zero-order valence-corrected chi connectivity index (χ0v) is 12.8. The number of allylic oxidation sites excluding steroid dienone is 3. The fraction of sp³-hybridized carbons (Fsp3) is 0.765. The number of nitrogens with one attached hydrogen (secondary N) is 1. The molecule has 1 nitrogen and oxygen atoms in total. The molecule has 0 aliphatic heterocycles. The lowest BCUT2D eigenvalue weighted by molar-refractivity contribution is 0.141. The zero-order valence-electron chi connectivity index (χ0n) is 12.8. The number of rotatable bonds is 6. The van der Waals surface area contributed by atoms with E-state index in [1.54, 1.807) is 0 Å². The van der Waals surface area contributed by atoms with Gasteiger partial charge in [0.05, 0.1) is 0 Å². The predicted octanol–water partition coefficient (Wildman–Crippen LogP) is 5.40. The SMILES string of the molecule is C=C(N/C(C)=C\CC)C1(C(C)CC)CCCCC1. The lowest BCUT2D eigenvalue weighted by atomic mass is 9.64. The molecule has 1 fully saturated rings. The molecule has 1 aliphatic carbocycles. The van der Waals surface area contributed by atoms with Gasteiger partial charge in [-0.15, -0.1) is 0 Å². The van der Waals surface area contributed by atoms with E-state index in [1.165, 1.54) is 49.9 Å². The third kappa shape index (κ3) is 3.40. The van der Waals surface area contributed by atoms with Crippen LogP contribution in [0.1, 0.15) is 72.6 Å². The van der Waals surface area contributed by atoms with Crippen molar-refractivity contribution in [2.45, 2.75) is 72.6 Å². The molecule has 1 rings (SSSR count). The topological polar surface area (TPSA) is 12.0 Å². The Balaban J connectivity index is 2.82. The lowest BCUT2D eigenvalue weighted by Crippen LogP contribution is -2.38. The predicted molar refractivity (Wildman–Crippen MR) is 81.3 cm³/mol. The molecular formula is C17H31N. The van der Waals surface area contributed by atoms with Gasteiger partial charge < -0.3 is 5.32 Å². The van der Waals surface area contributed by atoms with Crippen LogP contribution in [0, 0.1) is 11.3 Å². The van der Waals surface area contributed by atoms with Gasteiger partial charge in [0, 0.05) is 16.8 Å². The van der Waals surface area contributed by atoms with Crippen molar-refractivity contribution >= 4 is 0 Å². The molecule has 1 heteroatoms. The highest BCUT2D eigenvalue weighted by atomic mass is 14.9. The van der Waals surface area contributed by atoms with Crippen LogP contribution in [0.5, 0.6) is 0 Å². The molecule has 1 N–H and O–H groups in total. The van der Waals surface area contributed by atoms with E-state index >= 15 is 0 Å². The molecule has 0 saturated heterocycles. The maximum Gasteiger partial charge on any atom is 0.0141 e. The molecule has 1 saturated carbocycles. The Morgan fingerprint density at radius 3 is 2.39 bits per heavy atom. The highest BCUT2D eigenvalue weighted by molar-refractivity contribution is 5.17. The third-order valence-corrected chi connectivity index (χ3v) is 4.76. The van der Waals surface area contributed by atoms with E-state index in [-0.39, 0.29) is 0 Å². The average Bonchev–Trinajstić information content (AvgIpc) is 2.38. The van der Waals surface area contributed by atoms with Crippen LogP contribution < -0.4 is 5.32 Å². The van der Waals surface area contributed by atoms with Gasteiger partial charge >= 0.3 is 0 Å². The van der Waals surface area contributed by atoms with Gasteiger partial charge in [0.1, 0.15) is 0 Å². The summed E-state index contributed by atoms with van der Waals surface area (Å²) in [7, 11) is 0. The minimum absolute atomic E-state index is 0.329. The zero-order chi connectivity index (χ0) is 13.6. The summed E-state index contributed by atoms with van der Waals surface area (Å²) in [6.07, 6.45) is 11.3. The normalized spacial score (nSPS) is 21.4. The van der Waals surface area contributed by atoms with E-state index in [4.69, 9.17) is 0 Å². The van der Waals surface area contributed by atoms with Gasteiger partial charge in [-0.3, -0.25) is 0 Å². The fourth-order valence-corrected chi connectivity index (χ4v) is 3.39. The van der Waals surface area contributed by atoms with Crippen molar-refractivity contribution in [1.29, 1.82) is 0 Å². The minimum atomic E-state index is 0.329. The summed E-state index contributed by atoms with van der Waals surface area (Å²) < 4.78 is 0. The summed E-state index contributed by atoms with van der Waals surface area (Å²) in [5, 5.41) is 3.57. The smallest absolute Gasteiger partial charge is 0.0141 e. The van der Waals surface area contributed by atoms with Gasteiger partial charge in [-0.05, 0) is 32.1 Å². The van der Waals surface area contributed by atoms with Crippen molar-refractivity contribution in [3.8, 4) is 0 Å². The Kier molecular flexibility index (Phi) is 5.98. The van der Waals surface area contributed by atoms with Gasteiger partial charge in [-0.2, -0.15) is 0 Å². The second kappa shape index (κ2) is 7.01. The van der Waals surface area contributed by atoms with Crippen LogP contribution in [-0.4, -0.2) is 0 Å². The Bertz CT molecular complexity index is 295. The first-order valence-corrected chi connectivity index (χ1v) is 7.70. The summed E-state index contributed by atoms with van der Waals surface area (Å²) >= 11 is 0. The van der Waals surface area contributed by atoms with Crippen molar-refractivity contribution in [2.24, 2.45) is 11.3 Å². The van der Waals surface area contributed by atoms with E-state index in [9.17, 15) is 0 Å². The third-order valence-electron chi connectivity index (χ3n) is 4.76. The molecule has 0 bridgehead atoms. The summed E-state index contributed by atoms with van der Waals surface area (Å²) in [6.45, 7) is 13.4. The van der Waals surface area contributed by atoms with Gasteiger partial charge in [0.15, 0.2) is 0 Å². The van der Waals surface area contributed by atoms with Crippen LogP contribution in [-0.2, 0) is 0 Å². The Morgan fingerprint density at radius 1 is 1.28 bits per heavy atom. The fourth-order valence-electron chi connectivity index (χ4n) is 3.39. The van der Waals surface area contributed by atoms with Crippen LogP contribution in [0.2, 0.25) is 0 Å². The highest BCUT2D eigenvalue weighted by Crippen LogP contribution is 2.48. The molecule has 104 valence electrons. The number of hydrogen-bond donors (Lipinski definition) is 1. The Hall–Kier alpha value is -0.720. The van der Waals surface area contributed by atoms with Crippen molar-refractivity contribution in [2.75, 3.05) is 0 Å². The molecule has 1 aliphatic rings. The van der Waals surface area contributed by atoms with Crippen molar-refractivity contribution in [1.82, 2.24) is 5.32 Å². The first-order valence-electron chi connectivity index (χ1n) is 7.70. The van der Waals surface area contributed by atoms with Crippen LogP contribution in [0.25, 0.3) is 0 Å². The van der Waals surface area contributed by atoms with Crippen LogP contribution in [0.15, 0.2) is 24.0 Å². The second-order valence-electron chi connectivity index (χ2n) is 5.93. The van der Waals surface area contributed by atoms with E-state index in [0.717, 1.165) is 12.3 Å². The van der Waals surface area contributed by atoms with Gasteiger partial charge in [0.25, 0.3) is 0 Å². The largest absolute Gasteiger partial charge is 0.363 e. The molecule has 1 atom stereocenters. The maximum absolute atomic E-state index is 4.39. The molecule has 0 radical (unpaired) electrons. The quantitative estimate of drug-likeness (QED) is 0.664. The highest BCUT2D eigenvalue weighted by Gasteiger charge is 2.39. The van der Waals surface area contributed by atoms with Crippen molar-refractivity contribution < 1.29 is 0 Å². The van der Waals surface area contributed by atoms with E-state index < -0.39 is 0 Å². The standard InChI is InChI=1S/C17H31N/c1-6-11-15(4)18-16(5)17(14(3)7-2)12-9-8-10-13-17/h11,14,18H,5-10,12-13H2,1-4H3/b15-11-. The lowest BCUT2D eigenvalue weighted by Gasteiger charge is -2.44. The van der Waals surface area contributed by atoms with Crippen LogP contribution in [0.3, 0.4) is 0 Å². The monoisotopic (exact) mass is 249 g/mol. The molecule has 0 amide bonds.